The van der Waals surface area contributed by atoms with Gasteiger partial charge in [-0.1, -0.05) is 42.5 Å². The van der Waals surface area contributed by atoms with Crippen molar-refractivity contribution in [2.24, 2.45) is 40.3 Å². The number of nitrogens with two attached hydrogens (primary N) is 1. The normalized spacial score (nSPS) is 29.3. The minimum atomic E-state index is -1.32. The first-order valence-corrected chi connectivity index (χ1v) is 18.9. The van der Waals surface area contributed by atoms with Crippen molar-refractivity contribution in [1.82, 2.24) is 26.2 Å². The third-order valence-corrected chi connectivity index (χ3v) is 10.8. The number of Topliss-reactive ketones (excluding diaryl/α,β-unsaturated/α-hetero) is 2. The fourth-order valence-corrected chi connectivity index (χ4v) is 8.08. The van der Waals surface area contributed by atoms with Gasteiger partial charge in [0.15, 0.2) is 5.78 Å². The van der Waals surface area contributed by atoms with E-state index in [1.165, 1.54) is 11.8 Å². The molecule has 0 spiro atoms. The number of unbranched alkanes of at least 4 members (excludes halogenated alkanes) is 1. The monoisotopic (exact) mass is 745 g/mol. The largest absolute Gasteiger partial charge is 0.388 e. The van der Waals surface area contributed by atoms with Crippen molar-refractivity contribution in [2.75, 3.05) is 19.6 Å². The van der Waals surface area contributed by atoms with Gasteiger partial charge in [0.05, 0.1) is 30.3 Å². The average Bonchev–Trinajstić information content (AvgIpc) is 3.82. The lowest BCUT2D eigenvalue weighted by Gasteiger charge is -2.26. The maximum absolute atomic E-state index is 14.1. The molecule has 8 atom stereocenters. The highest BCUT2D eigenvalue weighted by Gasteiger charge is 2.59. The molecule has 5 rings (SSSR count). The fraction of sp³-hybridized carbons (Fsp3) is 0.564. The van der Waals surface area contributed by atoms with Gasteiger partial charge in [-0.05, 0) is 69.8 Å². The van der Waals surface area contributed by atoms with Crippen LogP contribution in [0.3, 0.4) is 0 Å². The number of rotatable bonds is 13. The van der Waals surface area contributed by atoms with E-state index in [1.807, 2.05) is 12.2 Å². The maximum Gasteiger partial charge on any atom is 0.243 e. The zero-order chi connectivity index (χ0) is 38.9. The summed E-state index contributed by atoms with van der Waals surface area (Å²) in [6.07, 6.45) is 5.90. The molecule has 3 fully saturated rings. The van der Waals surface area contributed by atoms with Gasteiger partial charge in [-0.25, -0.2) is 0 Å². The Kier molecular flexibility index (Phi) is 13.5. The number of carbonyl (C=O) groups excluding carboxylic acids is 8. The number of carbonyl (C=O) groups is 8. The summed E-state index contributed by atoms with van der Waals surface area (Å²) in [4.78, 5) is 112. The zero-order valence-electron chi connectivity index (χ0n) is 30.9. The molecule has 2 aliphatic carbocycles. The number of allylic oxidation sites excluding steroid dienone is 2. The van der Waals surface area contributed by atoms with Crippen LogP contribution >= 0.6 is 0 Å². The predicted octanol–water partition coefficient (Wildman–Crippen LogP) is 0.503. The van der Waals surface area contributed by atoms with Gasteiger partial charge in [-0.2, -0.15) is 0 Å². The van der Waals surface area contributed by atoms with Crippen LogP contribution in [0.15, 0.2) is 47.5 Å². The van der Waals surface area contributed by atoms with Gasteiger partial charge >= 0.3 is 0 Å². The van der Waals surface area contributed by atoms with Crippen LogP contribution in [0.25, 0.3) is 0 Å². The molecule has 1 aromatic rings. The average molecular weight is 746 g/mol. The third kappa shape index (κ3) is 10.1. The molecule has 1 aromatic carbocycles. The van der Waals surface area contributed by atoms with Crippen LogP contribution < -0.4 is 27.0 Å². The molecule has 6 amide bonds. The summed E-state index contributed by atoms with van der Waals surface area (Å²) >= 11 is 0. The van der Waals surface area contributed by atoms with Crippen LogP contribution in [-0.4, -0.2) is 95.5 Å². The molecule has 3 unspecified atom stereocenters. The van der Waals surface area contributed by atoms with E-state index in [4.69, 9.17) is 5.73 Å². The standard InChI is InChI=1S/C39H51N7O8/c1-22(47)17-29-36(51)45-30(18-24-9-4-3-5-10-24)37(52)44-28(12-6-7-16-46-38(53)33-25-13-14-26(19-25)34(33)39(46)54)31(48)20-27(11-8-15-41-23(2)40)35(50)42-21-32(49)43-29/h3-5,9-10,13-14,25-30,33-34H,6-8,11-12,15-21H2,1-2H3,(H2,40,41)(H,42,50)(H,43,49)(H,44,52)(H,45,51)/t25-,26?,27+,28-,29?,30+,33?,34-/m0/s1. The van der Waals surface area contributed by atoms with Gasteiger partial charge in [0.25, 0.3) is 0 Å². The molecule has 6 N–H and O–H groups in total. The van der Waals surface area contributed by atoms with Crippen LogP contribution in [0.4, 0.5) is 0 Å². The molecular weight excluding hydrogens is 694 g/mol. The first kappa shape index (κ1) is 40.0. The van der Waals surface area contributed by atoms with E-state index in [0.29, 0.717) is 37.2 Å². The Morgan fingerprint density at radius 2 is 1.44 bits per heavy atom. The highest BCUT2D eigenvalue weighted by molar-refractivity contribution is 6.06. The summed E-state index contributed by atoms with van der Waals surface area (Å²) in [6, 6.07) is 5.33. The summed E-state index contributed by atoms with van der Waals surface area (Å²) < 4.78 is 0. The number of hydrogen-bond acceptors (Lipinski definition) is 9. The second-order valence-corrected chi connectivity index (χ2v) is 14.9. The van der Waals surface area contributed by atoms with Gasteiger partial charge in [0, 0.05) is 38.3 Å². The van der Waals surface area contributed by atoms with E-state index in [9.17, 15) is 38.4 Å². The van der Waals surface area contributed by atoms with Gasteiger partial charge in [-0.15, -0.1) is 0 Å². The van der Waals surface area contributed by atoms with Crippen LogP contribution in [0.5, 0.6) is 0 Å². The zero-order valence-corrected chi connectivity index (χ0v) is 30.9. The van der Waals surface area contributed by atoms with E-state index < -0.39 is 60.0 Å². The number of fused-ring (bicyclic) bond motifs is 5. The van der Waals surface area contributed by atoms with E-state index in [1.54, 1.807) is 37.3 Å². The Balaban J connectivity index is 1.36. The molecule has 2 bridgehead atoms. The number of nitrogens with zero attached hydrogens (tertiary/aromatic N) is 2. The SMILES string of the molecule is CC(=O)CC1NC(=O)CNC(=O)[C@H](CCCN=C(C)N)CC(=O)[C@H](CCCCN2C(=O)C3[C@@H](C2=O)C2C=C[C@H]3C2)NC(=O)[C@@H](Cc2ccccc2)NC1=O. The Morgan fingerprint density at radius 1 is 0.796 bits per heavy atom. The predicted molar refractivity (Wildman–Crippen MR) is 197 cm³/mol. The van der Waals surface area contributed by atoms with Crippen molar-refractivity contribution in [1.29, 1.82) is 0 Å². The van der Waals surface area contributed by atoms with Crippen molar-refractivity contribution in [3.8, 4) is 0 Å². The molecule has 1 saturated carbocycles. The van der Waals surface area contributed by atoms with E-state index in [0.717, 1.165) is 6.42 Å². The second-order valence-electron chi connectivity index (χ2n) is 14.9. The number of amidine groups is 1. The highest BCUT2D eigenvalue weighted by Crippen LogP contribution is 2.52. The molecule has 15 nitrogen and oxygen atoms in total. The maximum atomic E-state index is 14.1. The molecule has 54 heavy (non-hydrogen) atoms. The second kappa shape index (κ2) is 18.2. The number of amides is 6. The molecule has 0 radical (unpaired) electrons. The van der Waals surface area contributed by atoms with Crippen molar-refractivity contribution in [3.05, 3.63) is 48.0 Å². The quantitative estimate of drug-likeness (QED) is 0.0622. The third-order valence-electron chi connectivity index (χ3n) is 10.8. The van der Waals surface area contributed by atoms with Gasteiger partial charge in [0.1, 0.15) is 17.9 Å². The number of ketones is 2. The van der Waals surface area contributed by atoms with Gasteiger partial charge in [-0.3, -0.25) is 48.2 Å². The number of likely N-dealkylation sites (tertiary alicyclic amines) is 1. The number of nitrogens with one attached hydrogen (secondary N) is 4. The Morgan fingerprint density at radius 3 is 2.09 bits per heavy atom. The lowest BCUT2D eigenvalue weighted by molar-refractivity contribution is -0.141. The summed E-state index contributed by atoms with van der Waals surface area (Å²) in [5, 5.41) is 10.6. The molecular formula is C39H51N7O8. The molecule has 2 saturated heterocycles. The van der Waals surface area contributed by atoms with Gasteiger partial charge in [0.2, 0.25) is 35.4 Å². The van der Waals surface area contributed by atoms with E-state index in [2.05, 4.69) is 26.3 Å². The van der Waals surface area contributed by atoms with Crippen LogP contribution in [0, 0.1) is 29.6 Å². The first-order chi connectivity index (χ1) is 25.8. The number of benzene rings is 1. The van der Waals surface area contributed by atoms with Crippen molar-refractivity contribution >= 4 is 52.8 Å². The Labute approximate surface area is 314 Å². The first-order valence-electron chi connectivity index (χ1n) is 18.9. The molecule has 2 heterocycles. The van der Waals surface area contributed by atoms with Crippen LogP contribution in [0.1, 0.15) is 70.8 Å². The number of hydrogen-bond donors (Lipinski definition) is 5. The summed E-state index contributed by atoms with van der Waals surface area (Å²) in [5.41, 5.74) is 6.38. The smallest absolute Gasteiger partial charge is 0.243 e. The fourth-order valence-electron chi connectivity index (χ4n) is 8.08. The lowest BCUT2D eigenvalue weighted by Crippen LogP contribution is -2.57. The Hall–Kier alpha value is -5.21. The summed E-state index contributed by atoms with van der Waals surface area (Å²) in [6.45, 7) is 2.90. The van der Waals surface area contributed by atoms with E-state index >= 15 is 0 Å². The van der Waals surface area contributed by atoms with Crippen LogP contribution in [-0.2, 0) is 44.8 Å². The molecule has 2 aliphatic heterocycles. The van der Waals surface area contributed by atoms with Crippen molar-refractivity contribution in [3.63, 3.8) is 0 Å². The Bertz CT molecular complexity index is 1660. The molecule has 4 aliphatic rings. The number of imide groups is 1. The molecule has 0 aromatic heterocycles. The molecule has 290 valence electrons. The minimum Gasteiger partial charge on any atom is -0.388 e. The lowest BCUT2D eigenvalue weighted by atomic mass is 9.85. The van der Waals surface area contributed by atoms with Crippen LogP contribution in [0.2, 0.25) is 0 Å². The summed E-state index contributed by atoms with van der Waals surface area (Å²) in [5.74, 6) is -4.78. The number of aliphatic imine (C=N–C) groups is 1. The highest BCUT2D eigenvalue weighted by atomic mass is 16.2. The van der Waals surface area contributed by atoms with E-state index in [-0.39, 0.29) is 79.9 Å². The molecule has 15 heteroatoms. The van der Waals surface area contributed by atoms with Crippen molar-refractivity contribution < 1.29 is 38.4 Å². The topological polar surface area (TPSA) is 226 Å². The van der Waals surface area contributed by atoms with Gasteiger partial charge < -0.3 is 27.0 Å². The van der Waals surface area contributed by atoms with Crippen molar-refractivity contribution in [2.45, 2.75) is 89.8 Å². The minimum absolute atomic E-state index is 0.0438. The summed E-state index contributed by atoms with van der Waals surface area (Å²) in [7, 11) is 0.